The van der Waals surface area contributed by atoms with Gasteiger partial charge in [0.25, 0.3) is 0 Å². The number of ether oxygens (including phenoxy) is 1. The van der Waals surface area contributed by atoms with Crippen molar-refractivity contribution in [1.82, 2.24) is 5.32 Å². The monoisotopic (exact) mass is 303 g/mol. The molecule has 2 nitrogen and oxygen atoms in total. The second-order valence-corrected chi connectivity index (χ2v) is 5.41. The lowest BCUT2D eigenvalue weighted by atomic mass is 10.0. The number of rotatable bonds is 7. The predicted molar refractivity (Wildman–Crippen MR) is 88.9 cm³/mol. The van der Waals surface area contributed by atoms with Gasteiger partial charge in [0.2, 0.25) is 0 Å². The first-order valence-corrected chi connectivity index (χ1v) is 7.82. The number of halogens is 1. The molecule has 1 atom stereocenters. The summed E-state index contributed by atoms with van der Waals surface area (Å²) >= 11 is 5.90. The van der Waals surface area contributed by atoms with Gasteiger partial charge in [-0.3, -0.25) is 0 Å². The van der Waals surface area contributed by atoms with Crippen molar-refractivity contribution in [3.05, 3.63) is 64.7 Å². The molecule has 2 rings (SSSR count). The molecule has 0 radical (unpaired) electrons. The number of nitrogens with one attached hydrogen (secondary N) is 1. The molecule has 0 saturated heterocycles. The van der Waals surface area contributed by atoms with Crippen LogP contribution in [0.5, 0.6) is 5.75 Å². The fraction of sp³-hybridized carbons (Fsp3) is 0.333. The Kier molecular flexibility index (Phi) is 6.09. The van der Waals surface area contributed by atoms with E-state index in [0.717, 1.165) is 29.3 Å². The Bertz CT molecular complexity index is 553. The minimum absolute atomic E-state index is 0.330. The summed E-state index contributed by atoms with van der Waals surface area (Å²) in [7, 11) is 0. The summed E-state index contributed by atoms with van der Waals surface area (Å²) < 4.78 is 6.01. The van der Waals surface area contributed by atoms with Gasteiger partial charge in [-0.2, -0.15) is 0 Å². The smallest absolute Gasteiger partial charge is 0.124 e. The van der Waals surface area contributed by atoms with Crippen molar-refractivity contribution in [1.29, 1.82) is 0 Å². The highest BCUT2D eigenvalue weighted by molar-refractivity contribution is 6.30. The highest BCUT2D eigenvalue weighted by Gasteiger charge is 2.13. The maximum absolute atomic E-state index is 6.01. The number of hydrogen-bond acceptors (Lipinski definition) is 2. The SMILES string of the molecule is CCNC(CC)c1ccccc1OCc1ccc(Cl)cc1. The van der Waals surface area contributed by atoms with Crippen LogP contribution in [0.1, 0.15) is 37.4 Å². The van der Waals surface area contributed by atoms with Gasteiger partial charge in [-0.15, -0.1) is 0 Å². The van der Waals surface area contributed by atoms with Crippen LogP contribution in [0.25, 0.3) is 0 Å². The summed E-state index contributed by atoms with van der Waals surface area (Å²) in [5.74, 6) is 0.945. The van der Waals surface area contributed by atoms with Gasteiger partial charge in [-0.05, 0) is 36.7 Å². The zero-order valence-corrected chi connectivity index (χ0v) is 13.4. The van der Waals surface area contributed by atoms with Crippen LogP contribution in [0.2, 0.25) is 5.02 Å². The van der Waals surface area contributed by atoms with Crippen molar-refractivity contribution in [2.75, 3.05) is 6.54 Å². The summed E-state index contributed by atoms with van der Waals surface area (Å²) in [6.45, 7) is 5.81. The zero-order valence-electron chi connectivity index (χ0n) is 12.6. The maximum atomic E-state index is 6.01. The quantitative estimate of drug-likeness (QED) is 0.779. The van der Waals surface area contributed by atoms with Gasteiger partial charge in [0, 0.05) is 16.6 Å². The Morgan fingerprint density at radius 2 is 1.76 bits per heavy atom. The van der Waals surface area contributed by atoms with E-state index in [1.165, 1.54) is 5.56 Å². The van der Waals surface area contributed by atoms with E-state index in [1.54, 1.807) is 0 Å². The normalized spacial score (nSPS) is 12.1. The molecule has 0 bridgehead atoms. The third-order valence-electron chi connectivity index (χ3n) is 3.46. The van der Waals surface area contributed by atoms with Crippen molar-refractivity contribution in [3.8, 4) is 5.75 Å². The summed E-state index contributed by atoms with van der Waals surface area (Å²) in [4.78, 5) is 0. The van der Waals surface area contributed by atoms with Crippen LogP contribution < -0.4 is 10.1 Å². The summed E-state index contributed by atoms with van der Waals surface area (Å²) in [5.41, 5.74) is 2.33. The van der Waals surface area contributed by atoms with Crippen LogP contribution in [-0.4, -0.2) is 6.54 Å². The Hall–Kier alpha value is -1.51. The Balaban J connectivity index is 2.10. The lowest BCUT2D eigenvalue weighted by Crippen LogP contribution is -2.20. The largest absolute Gasteiger partial charge is 0.489 e. The maximum Gasteiger partial charge on any atom is 0.124 e. The Morgan fingerprint density at radius 3 is 2.43 bits per heavy atom. The number of hydrogen-bond donors (Lipinski definition) is 1. The minimum atomic E-state index is 0.330. The van der Waals surface area contributed by atoms with E-state index < -0.39 is 0 Å². The van der Waals surface area contributed by atoms with Crippen LogP contribution in [-0.2, 0) is 6.61 Å². The van der Waals surface area contributed by atoms with Gasteiger partial charge in [0.05, 0.1) is 0 Å². The van der Waals surface area contributed by atoms with Crippen LogP contribution in [0.15, 0.2) is 48.5 Å². The van der Waals surface area contributed by atoms with Gasteiger partial charge in [0.15, 0.2) is 0 Å². The fourth-order valence-electron chi connectivity index (χ4n) is 2.36. The molecule has 0 aliphatic carbocycles. The molecule has 0 heterocycles. The number of para-hydroxylation sites is 1. The van der Waals surface area contributed by atoms with Gasteiger partial charge in [0.1, 0.15) is 12.4 Å². The van der Waals surface area contributed by atoms with Crippen molar-refractivity contribution in [3.63, 3.8) is 0 Å². The topological polar surface area (TPSA) is 21.3 Å². The van der Waals surface area contributed by atoms with E-state index in [9.17, 15) is 0 Å². The molecule has 0 aliphatic heterocycles. The third-order valence-corrected chi connectivity index (χ3v) is 3.71. The summed E-state index contributed by atoms with van der Waals surface area (Å²) in [5, 5.41) is 4.24. The molecule has 0 fully saturated rings. The molecule has 0 saturated carbocycles. The van der Waals surface area contributed by atoms with Crippen molar-refractivity contribution in [2.24, 2.45) is 0 Å². The molecule has 0 amide bonds. The van der Waals surface area contributed by atoms with E-state index in [2.05, 4.69) is 31.3 Å². The highest BCUT2D eigenvalue weighted by atomic mass is 35.5. The molecule has 112 valence electrons. The van der Waals surface area contributed by atoms with Crippen molar-refractivity contribution >= 4 is 11.6 Å². The van der Waals surface area contributed by atoms with E-state index in [1.807, 2.05) is 36.4 Å². The highest BCUT2D eigenvalue weighted by Crippen LogP contribution is 2.27. The third kappa shape index (κ3) is 4.48. The molecular formula is C18H22ClNO. The molecule has 21 heavy (non-hydrogen) atoms. The first kappa shape index (κ1) is 15.9. The van der Waals surface area contributed by atoms with Crippen molar-refractivity contribution in [2.45, 2.75) is 32.9 Å². The second-order valence-electron chi connectivity index (χ2n) is 4.97. The molecule has 0 spiro atoms. The van der Waals surface area contributed by atoms with Crippen LogP contribution in [0, 0.1) is 0 Å². The number of benzene rings is 2. The molecule has 0 aliphatic rings. The zero-order chi connectivity index (χ0) is 15.1. The van der Waals surface area contributed by atoms with Gasteiger partial charge in [-0.1, -0.05) is 55.8 Å². The predicted octanol–water partition coefficient (Wildman–Crippen LogP) is 4.98. The average Bonchev–Trinajstić information content (AvgIpc) is 2.52. The van der Waals surface area contributed by atoms with E-state index in [4.69, 9.17) is 16.3 Å². The van der Waals surface area contributed by atoms with Crippen molar-refractivity contribution < 1.29 is 4.74 Å². The molecule has 1 unspecified atom stereocenters. The fourth-order valence-corrected chi connectivity index (χ4v) is 2.49. The van der Waals surface area contributed by atoms with Gasteiger partial charge < -0.3 is 10.1 Å². The standard InChI is InChI=1S/C18H22ClNO/c1-3-17(20-4-2)16-7-5-6-8-18(16)21-13-14-9-11-15(19)12-10-14/h5-12,17,20H,3-4,13H2,1-2H3. The van der Waals surface area contributed by atoms with Crippen LogP contribution >= 0.6 is 11.6 Å². The van der Waals surface area contributed by atoms with E-state index in [-0.39, 0.29) is 0 Å². The van der Waals surface area contributed by atoms with Gasteiger partial charge >= 0.3 is 0 Å². The molecule has 1 N–H and O–H groups in total. The first-order valence-electron chi connectivity index (χ1n) is 7.44. The second kappa shape index (κ2) is 8.06. The Morgan fingerprint density at radius 1 is 1.05 bits per heavy atom. The minimum Gasteiger partial charge on any atom is -0.489 e. The van der Waals surface area contributed by atoms with Gasteiger partial charge in [-0.25, -0.2) is 0 Å². The molecule has 0 aromatic heterocycles. The lowest BCUT2D eigenvalue weighted by molar-refractivity contribution is 0.298. The molecular weight excluding hydrogens is 282 g/mol. The summed E-state index contributed by atoms with van der Waals surface area (Å²) in [6, 6.07) is 16.3. The van der Waals surface area contributed by atoms with Crippen LogP contribution in [0.3, 0.4) is 0 Å². The van der Waals surface area contributed by atoms with E-state index >= 15 is 0 Å². The average molecular weight is 304 g/mol. The molecule has 2 aromatic rings. The molecule has 3 heteroatoms. The van der Waals surface area contributed by atoms with E-state index in [0.29, 0.717) is 12.6 Å². The summed E-state index contributed by atoms with van der Waals surface area (Å²) in [6.07, 6.45) is 1.04. The molecule has 2 aromatic carbocycles. The first-order chi connectivity index (χ1) is 10.2. The Labute approximate surface area is 132 Å². The van der Waals surface area contributed by atoms with Crippen LogP contribution in [0.4, 0.5) is 0 Å². The lowest BCUT2D eigenvalue weighted by Gasteiger charge is -2.20.